The molecule has 0 unspecified atom stereocenters. The van der Waals surface area contributed by atoms with Gasteiger partial charge < -0.3 is 9.47 Å². The maximum atomic E-state index is 12.0. The van der Waals surface area contributed by atoms with Crippen molar-refractivity contribution in [1.82, 2.24) is 10.2 Å². The lowest BCUT2D eigenvalue weighted by Gasteiger charge is -2.27. The van der Waals surface area contributed by atoms with Gasteiger partial charge in [-0.2, -0.15) is 0 Å². The van der Waals surface area contributed by atoms with E-state index in [1.165, 1.54) is 4.90 Å². The predicted molar refractivity (Wildman–Crippen MR) is 76.9 cm³/mol. The maximum absolute atomic E-state index is 12.0. The molecule has 0 heterocycles. The second-order valence-corrected chi connectivity index (χ2v) is 5.71. The van der Waals surface area contributed by atoms with Gasteiger partial charge in [0.15, 0.2) is 6.73 Å². The van der Waals surface area contributed by atoms with Crippen LogP contribution in [0.15, 0.2) is 0 Å². The summed E-state index contributed by atoms with van der Waals surface area (Å²) in [6.45, 7) is 2.03. The Bertz CT molecular complexity index is 350. The molecule has 0 spiro atoms. The summed E-state index contributed by atoms with van der Waals surface area (Å²) in [5.41, 5.74) is 0. The molecule has 2 aliphatic carbocycles. The Morgan fingerprint density at radius 1 is 1.05 bits per heavy atom. The summed E-state index contributed by atoms with van der Waals surface area (Å²) in [4.78, 5) is 25.2. The van der Waals surface area contributed by atoms with Crippen molar-refractivity contribution in [3.63, 3.8) is 0 Å². The van der Waals surface area contributed by atoms with E-state index in [1.54, 1.807) is 6.92 Å². The highest BCUT2D eigenvalue weighted by atomic mass is 16.6. The van der Waals surface area contributed by atoms with Crippen molar-refractivity contribution in [2.45, 2.75) is 70.4 Å². The summed E-state index contributed by atoms with van der Waals surface area (Å²) in [5, 5.41) is 4.04. The highest BCUT2D eigenvalue weighted by Crippen LogP contribution is 2.24. The summed E-state index contributed by atoms with van der Waals surface area (Å²) < 4.78 is 10.2. The molecule has 6 nitrogen and oxygen atoms in total. The molecule has 0 saturated heterocycles. The van der Waals surface area contributed by atoms with Crippen molar-refractivity contribution in [3.8, 4) is 0 Å². The van der Waals surface area contributed by atoms with E-state index < -0.39 is 12.2 Å². The van der Waals surface area contributed by atoms with Gasteiger partial charge in [0.25, 0.3) is 0 Å². The standard InChI is InChI=1S/C15H25N2O4/c1-2-20-15(19)17(13-9-5-6-10-13)11-21-14(18)16-12-7-3-4-8-12/h12-13H,2-11H2,1H3. The van der Waals surface area contributed by atoms with Crippen LogP contribution in [0.25, 0.3) is 0 Å². The van der Waals surface area contributed by atoms with Gasteiger partial charge in [-0.05, 0) is 32.6 Å². The third-order valence-electron chi connectivity index (χ3n) is 4.21. The average molecular weight is 297 g/mol. The van der Waals surface area contributed by atoms with Gasteiger partial charge >= 0.3 is 12.2 Å². The summed E-state index contributed by atoms with van der Waals surface area (Å²) in [6, 6.07) is 0.211. The van der Waals surface area contributed by atoms with Crippen LogP contribution in [0.3, 0.4) is 0 Å². The molecule has 21 heavy (non-hydrogen) atoms. The molecule has 0 bridgehead atoms. The lowest BCUT2D eigenvalue weighted by atomic mass is 10.2. The number of ether oxygens (including phenoxy) is 2. The molecule has 1 radical (unpaired) electrons. The zero-order valence-electron chi connectivity index (χ0n) is 12.8. The number of amides is 2. The first-order valence-electron chi connectivity index (χ1n) is 8.01. The highest BCUT2D eigenvalue weighted by Gasteiger charge is 2.29. The summed E-state index contributed by atoms with van der Waals surface area (Å²) >= 11 is 0. The molecule has 2 aliphatic rings. The van der Waals surface area contributed by atoms with Gasteiger partial charge in [-0.1, -0.05) is 25.7 Å². The van der Waals surface area contributed by atoms with Crippen LogP contribution < -0.4 is 5.32 Å². The minimum Gasteiger partial charge on any atom is -0.450 e. The van der Waals surface area contributed by atoms with Crippen molar-refractivity contribution in [3.05, 3.63) is 0 Å². The first-order valence-corrected chi connectivity index (χ1v) is 8.01. The SMILES string of the molecule is CCOC(=O)N(COC(=O)[N]C1CCCC1)C1CCCC1. The van der Waals surface area contributed by atoms with E-state index in [0.29, 0.717) is 6.61 Å². The van der Waals surface area contributed by atoms with Gasteiger partial charge in [-0.15, -0.1) is 0 Å². The smallest absolute Gasteiger partial charge is 0.430 e. The number of hydrogen-bond acceptors (Lipinski definition) is 4. The fourth-order valence-corrected chi connectivity index (χ4v) is 3.07. The summed E-state index contributed by atoms with van der Waals surface area (Å²) in [6.07, 6.45) is 7.27. The van der Waals surface area contributed by atoms with Crippen LogP contribution in [0.1, 0.15) is 58.3 Å². The van der Waals surface area contributed by atoms with E-state index in [-0.39, 0.29) is 18.8 Å². The Morgan fingerprint density at radius 2 is 1.67 bits per heavy atom. The van der Waals surface area contributed by atoms with Gasteiger partial charge in [-0.3, -0.25) is 4.90 Å². The van der Waals surface area contributed by atoms with Crippen molar-refractivity contribution in [1.29, 1.82) is 0 Å². The van der Waals surface area contributed by atoms with Crippen molar-refractivity contribution in [2.24, 2.45) is 0 Å². The minimum atomic E-state index is -0.561. The molecule has 0 aromatic heterocycles. The number of rotatable bonds is 5. The first kappa shape index (κ1) is 15.9. The third-order valence-corrected chi connectivity index (χ3v) is 4.21. The molecular formula is C15H25N2O4. The van der Waals surface area contributed by atoms with Crippen LogP contribution in [0.2, 0.25) is 0 Å². The second-order valence-electron chi connectivity index (χ2n) is 5.71. The Kier molecular flexibility index (Phi) is 6.14. The molecule has 2 rings (SSSR count). The first-order chi connectivity index (χ1) is 10.2. The van der Waals surface area contributed by atoms with E-state index in [0.717, 1.165) is 51.4 Å². The van der Waals surface area contributed by atoms with Crippen LogP contribution in [-0.4, -0.2) is 42.5 Å². The summed E-state index contributed by atoms with van der Waals surface area (Å²) in [7, 11) is 0. The molecule has 0 N–H and O–H groups in total. The third kappa shape index (κ3) is 4.79. The molecule has 2 fully saturated rings. The van der Waals surface area contributed by atoms with Crippen molar-refractivity contribution >= 4 is 12.2 Å². The van der Waals surface area contributed by atoms with Gasteiger partial charge in [0.2, 0.25) is 0 Å². The molecule has 0 aromatic carbocycles. The van der Waals surface area contributed by atoms with Gasteiger partial charge in [-0.25, -0.2) is 14.9 Å². The minimum absolute atomic E-state index is 0.0570. The second kappa shape index (κ2) is 8.10. The van der Waals surface area contributed by atoms with Gasteiger partial charge in [0.1, 0.15) is 0 Å². The summed E-state index contributed by atoms with van der Waals surface area (Å²) in [5.74, 6) is 0. The molecule has 2 amide bonds. The van der Waals surface area contributed by atoms with Gasteiger partial charge in [0.05, 0.1) is 12.6 Å². The van der Waals surface area contributed by atoms with E-state index in [1.807, 2.05) is 0 Å². The fourth-order valence-electron chi connectivity index (χ4n) is 3.07. The van der Waals surface area contributed by atoms with Crippen LogP contribution in [0.4, 0.5) is 9.59 Å². The lowest BCUT2D eigenvalue weighted by Crippen LogP contribution is -2.42. The number of hydrogen-bond donors (Lipinski definition) is 0. The molecule has 0 aliphatic heterocycles. The average Bonchev–Trinajstić information content (AvgIpc) is 3.12. The Labute approximate surface area is 126 Å². The van der Waals surface area contributed by atoms with E-state index in [9.17, 15) is 9.59 Å². The topological polar surface area (TPSA) is 69.9 Å². The van der Waals surface area contributed by atoms with E-state index in [4.69, 9.17) is 9.47 Å². The monoisotopic (exact) mass is 297 g/mol. The number of nitrogens with zero attached hydrogens (tertiary/aromatic N) is 2. The Morgan fingerprint density at radius 3 is 2.29 bits per heavy atom. The molecule has 2 saturated carbocycles. The van der Waals surface area contributed by atoms with Crippen molar-refractivity contribution in [2.75, 3.05) is 13.3 Å². The Hall–Kier alpha value is -1.46. The van der Waals surface area contributed by atoms with E-state index in [2.05, 4.69) is 5.32 Å². The fraction of sp³-hybridized carbons (Fsp3) is 0.867. The van der Waals surface area contributed by atoms with Gasteiger partial charge in [0, 0.05) is 6.04 Å². The highest BCUT2D eigenvalue weighted by molar-refractivity contribution is 5.70. The van der Waals surface area contributed by atoms with Crippen LogP contribution in [-0.2, 0) is 9.47 Å². The maximum Gasteiger partial charge on any atom is 0.430 e. The van der Waals surface area contributed by atoms with E-state index >= 15 is 0 Å². The Balaban J connectivity index is 1.79. The molecule has 0 aromatic rings. The number of carbonyl (C=O) groups is 2. The molecular weight excluding hydrogens is 272 g/mol. The predicted octanol–water partition coefficient (Wildman–Crippen LogP) is 3.03. The van der Waals surface area contributed by atoms with Crippen molar-refractivity contribution < 1.29 is 19.1 Å². The normalized spacial score (nSPS) is 19.5. The van der Waals surface area contributed by atoms with Crippen LogP contribution in [0.5, 0.6) is 0 Å². The zero-order chi connectivity index (χ0) is 15.1. The van der Waals surface area contributed by atoms with Crippen LogP contribution >= 0.6 is 0 Å². The number of carbonyl (C=O) groups excluding carboxylic acids is 2. The molecule has 6 heteroatoms. The molecule has 0 atom stereocenters. The lowest BCUT2D eigenvalue weighted by molar-refractivity contribution is 0.0300. The molecule has 119 valence electrons. The largest absolute Gasteiger partial charge is 0.450 e. The van der Waals surface area contributed by atoms with Crippen LogP contribution in [0, 0.1) is 0 Å². The quantitative estimate of drug-likeness (QED) is 0.731. The zero-order valence-corrected chi connectivity index (χ0v) is 12.8.